The maximum Gasteiger partial charge on any atom is 0.352 e. The lowest BCUT2D eigenvalue weighted by Gasteiger charge is -2.01. The highest BCUT2D eigenvalue weighted by Crippen LogP contribution is 2.34. The molecule has 0 bridgehead atoms. The zero-order chi connectivity index (χ0) is 9.59. The van der Waals surface area contributed by atoms with E-state index in [2.05, 4.69) is 4.98 Å². The van der Waals surface area contributed by atoms with Crippen LogP contribution in [0.15, 0.2) is 0 Å². The summed E-state index contributed by atoms with van der Waals surface area (Å²) in [5, 5.41) is 18.3. The van der Waals surface area contributed by atoms with Gasteiger partial charge >= 0.3 is 5.97 Å². The Kier molecular flexibility index (Phi) is 1.66. The minimum absolute atomic E-state index is 0.212. The van der Waals surface area contributed by atoms with Gasteiger partial charge in [-0.05, 0) is 25.3 Å². The summed E-state index contributed by atoms with van der Waals surface area (Å²) in [6, 6.07) is 0. The highest BCUT2D eigenvalue weighted by Gasteiger charge is 2.28. The number of aryl methyl sites for hydroxylation is 1. The third-order valence-corrected chi connectivity index (χ3v) is 2.59. The maximum absolute atomic E-state index is 10.7. The second-order valence-corrected chi connectivity index (χ2v) is 3.38. The Morgan fingerprint density at radius 1 is 1.62 bits per heavy atom. The van der Waals surface area contributed by atoms with Gasteiger partial charge in [0.2, 0.25) is 0 Å². The van der Waals surface area contributed by atoms with Crippen molar-refractivity contribution in [3.8, 4) is 0 Å². The predicted molar refractivity (Wildman–Crippen MR) is 45.8 cm³/mol. The summed E-state index contributed by atoms with van der Waals surface area (Å²) in [4.78, 5) is 13.6. The second-order valence-electron chi connectivity index (χ2n) is 3.38. The molecular weight excluding hydrogens is 170 g/mol. The highest BCUT2D eigenvalue weighted by molar-refractivity contribution is 5.88. The van der Waals surface area contributed by atoms with Gasteiger partial charge in [-0.1, -0.05) is 0 Å². The van der Waals surface area contributed by atoms with Crippen LogP contribution in [0, 0.1) is 6.92 Å². The Labute approximate surface area is 75.2 Å². The number of aliphatic hydroxyl groups is 1. The molecule has 70 valence electrons. The number of carboxylic acid groups (broad SMARTS) is 1. The Hall–Kier alpha value is -1.29. The van der Waals surface area contributed by atoms with Crippen LogP contribution < -0.4 is 0 Å². The van der Waals surface area contributed by atoms with E-state index in [1.165, 1.54) is 0 Å². The van der Waals surface area contributed by atoms with Gasteiger partial charge in [-0.3, -0.25) is 0 Å². The summed E-state index contributed by atoms with van der Waals surface area (Å²) >= 11 is 0. The van der Waals surface area contributed by atoms with Gasteiger partial charge in [0.25, 0.3) is 0 Å². The molecule has 1 atom stereocenters. The zero-order valence-corrected chi connectivity index (χ0v) is 7.29. The monoisotopic (exact) mass is 181 g/mol. The maximum atomic E-state index is 10.7. The van der Waals surface area contributed by atoms with Gasteiger partial charge in [-0.2, -0.15) is 0 Å². The van der Waals surface area contributed by atoms with Crippen LogP contribution in [0.2, 0.25) is 0 Å². The first-order valence-electron chi connectivity index (χ1n) is 4.24. The van der Waals surface area contributed by atoms with Gasteiger partial charge in [-0.25, -0.2) is 4.79 Å². The highest BCUT2D eigenvalue weighted by atomic mass is 16.4. The predicted octanol–water partition coefficient (Wildman–Crippen LogP) is 1.00. The van der Waals surface area contributed by atoms with E-state index in [1.807, 2.05) is 0 Å². The number of aromatic amines is 1. The molecule has 4 heteroatoms. The summed E-state index contributed by atoms with van der Waals surface area (Å²) in [6.07, 6.45) is 0.950. The van der Waals surface area contributed by atoms with E-state index in [0.717, 1.165) is 17.7 Å². The van der Waals surface area contributed by atoms with Gasteiger partial charge in [0.15, 0.2) is 0 Å². The van der Waals surface area contributed by atoms with E-state index in [1.54, 1.807) is 6.92 Å². The number of carbonyl (C=O) groups is 1. The minimum Gasteiger partial charge on any atom is -0.477 e. The fourth-order valence-electron chi connectivity index (χ4n) is 1.96. The van der Waals surface area contributed by atoms with Crippen molar-refractivity contribution in [1.82, 2.24) is 4.98 Å². The number of carboxylic acids is 1. The third-order valence-electron chi connectivity index (χ3n) is 2.59. The van der Waals surface area contributed by atoms with Gasteiger partial charge < -0.3 is 15.2 Å². The summed E-state index contributed by atoms with van der Waals surface area (Å²) in [7, 11) is 0. The van der Waals surface area contributed by atoms with Gasteiger partial charge in [-0.15, -0.1) is 0 Å². The van der Waals surface area contributed by atoms with Crippen LogP contribution in [0.4, 0.5) is 0 Å². The van der Waals surface area contributed by atoms with Crippen LogP contribution in [0.5, 0.6) is 0 Å². The molecule has 3 N–H and O–H groups in total. The molecule has 0 saturated carbocycles. The zero-order valence-electron chi connectivity index (χ0n) is 7.29. The first-order valence-corrected chi connectivity index (χ1v) is 4.24. The Morgan fingerprint density at radius 3 is 2.85 bits per heavy atom. The molecule has 0 aromatic carbocycles. The average Bonchev–Trinajstić information content (AvgIpc) is 2.55. The molecule has 0 fully saturated rings. The van der Waals surface area contributed by atoms with E-state index in [9.17, 15) is 9.90 Å². The average molecular weight is 181 g/mol. The van der Waals surface area contributed by atoms with Crippen LogP contribution in [0.3, 0.4) is 0 Å². The topological polar surface area (TPSA) is 73.3 Å². The van der Waals surface area contributed by atoms with Gasteiger partial charge in [0.1, 0.15) is 5.69 Å². The lowest BCUT2D eigenvalue weighted by molar-refractivity contribution is 0.0690. The van der Waals surface area contributed by atoms with Crippen molar-refractivity contribution in [3.63, 3.8) is 0 Å². The molecule has 0 aliphatic heterocycles. The number of fused-ring (bicyclic) bond motifs is 1. The lowest BCUT2D eigenvalue weighted by atomic mass is 10.1. The van der Waals surface area contributed by atoms with Crippen LogP contribution in [-0.4, -0.2) is 21.2 Å². The van der Waals surface area contributed by atoms with Crippen molar-refractivity contribution < 1.29 is 15.0 Å². The number of aliphatic hydroxyl groups excluding tert-OH is 1. The number of aromatic nitrogens is 1. The molecule has 0 saturated heterocycles. The summed E-state index contributed by atoms with van der Waals surface area (Å²) in [6.45, 7) is 1.73. The molecule has 0 radical (unpaired) electrons. The standard InChI is InChI=1S/C9H11NO3/c1-4-7-5(2-3-6(7)11)10-8(4)9(12)13/h6,10-11H,2-3H2,1H3,(H,12,13)/t6-/m0/s1. The largest absolute Gasteiger partial charge is 0.477 e. The van der Waals surface area contributed by atoms with Crippen LogP contribution >= 0.6 is 0 Å². The molecule has 1 heterocycles. The number of rotatable bonds is 1. The summed E-state index contributed by atoms with van der Waals surface area (Å²) in [5.41, 5.74) is 2.55. The fourth-order valence-corrected chi connectivity index (χ4v) is 1.96. The van der Waals surface area contributed by atoms with Crippen LogP contribution in [0.25, 0.3) is 0 Å². The van der Waals surface area contributed by atoms with E-state index in [0.29, 0.717) is 12.0 Å². The van der Waals surface area contributed by atoms with Crippen molar-refractivity contribution in [2.45, 2.75) is 25.9 Å². The first kappa shape index (κ1) is 8.31. The van der Waals surface area contributed by atoms with E-state index in [-0.39, 0.29) is 5.69 Å². The Bertz CT molecular complexity index is 367. The quantitative estimate of drug-likeness (QED) is 0.605. The molecule has 1 aromatic rings. The van der Waals surface area contributed by atoms with Gasteiger partial charge in [0.05, 0.1) is 6.10 Å². The number of H-pyrrole nitrogens is 1. The van der Waals surface area contributed by atoms with Crippen LogP contribution in [-0.2, 0) is 6.42 Å². The second kappa shape index (κ2) is 2.60. The molecule has 1 aliphatic carbocycles. The summed E-state index contributed by atoms with van der Waals surface area (Å²) < 4.78 is 0. The molecule has 1 aliphatic rings. The normalized spacial score (nSPS) is 20.3. The SMILES string of the molecule is Cc1c(C(=O)O)[nH]c2c1[C@@H](O)CC2. The first-order chi connectivity index (χ1) is 6.11. The van der Waals surface area contributed by atoms with E-state index < -0.39 is 12.1 Å². The Morgan fingerprint density at radius 2 is 2.31 bits per heavy atom. The number of aromatic carboxylic acids is 1. The number of nitrogens with one attached hydrogen (secondary N) is 1. The molecule has 4 nitrogen and oxygen atoms in total. The molecule has 0 spiro atoms. The third kappa shape index (κ3) is 1.06. The van der Waals surface area contributed by atoms with Gasteiger partial charge in [0, 0.05) is 11.3 Å². The smallest absolute Gasteiger partial charge is 0.352 e. The minimum atomic E-state index is -0.959. The molecular formula is C9H11NO3. The van der Waals surface area contributed by atoms with Crippen molar-refractivity contribution >= 4 is 5.97 Å². The lowest BCUT2D eigenvalue weighted by Crippen LogP contribution is -2.01. The van der Waals surface area contributed by atoms with Crippen molar-refractivity contribution in [1.29, 1.82) is 0 Å². The molecule has 0 unspecified atom stereocenters. The molecule has 2 rings (SSSR count). The Balaban J connectivity index is 2.56. The van der Waals surface area contributed by atoms with Crippen molar-refractivity contribution in [2.75, 3.05) is 0 Å². The molecule has 0 amide bonds. The summed E-state index contributed by atoms with van der Waals surface area (Å²) in [5.74, 6) is -0.959. The fraction of sp³-hybridized carbons (Fsp3) is 0.444. The molecule has 1 aromatic heterocycles. The number of hydrogen-bond donors (Lipinski definition) is 3. The number of hydrogen-bond acceptors (Lipinski definition) is 2. The van der Waals surface area contributed by atoms with Crippen molar-refractivity contribution in [3.05, 3.63) is 22.5 Å². The van der Waals surface area contributed by atoms with E-state index >= 15 is 0 Å². The van der Waals surface area contributed by atoms with Crippen molar-refractivity contribution in [2.24, 2.45) is 0 Å². The van der Waals surface area contributed by atoms with Crippen LogP contribution in [0.1, 0.15) is 39.8 Å². The van der Waals surface area contributed by atoms with E-state index in [4.69, 9.17) is 5.11 Å². The molecule has 13 heavy (non-hydrogen) atoms.